The molecule has 0 spiro atoms. The topological polar surface area (TPSA) is 133 Å². The van der Waals surface area contributed by atoms with E-state index in [4.69, 9.17) is 0 Å². The molecule has 0 amide bonds. The lowest BCUT2D eigenvalue weighted by Crippen LogP contribution is -2.48. The molecule has 2 aromatic carbocycles. The van der Waals surface area contributed by atoms with Crippen LogP contribution in [0.5, 0.6) is 0 Å². The van der Waals surface area contributed by atoms with E-state index < -0.39 is 34.0 Å². The molecule has 0 aliphatic heterocycles. The summed E-state index contributed by atoms with van der Waals surface area (Å²) in [6, 6.07) is 13.7. The van der Waals surface area contributed by atoms with Gasteiger partial charge in [-0.1, -0.05) is 56.3 Å². The lowest BCUT2D eigenvalue weighted by atomic mass is 10.0. The van der Waals surface area contributed by atoms with Crippen molar-refractivity contribution >= 4 is 22.0 Å². The van der Waals surface area contributed by atoms with Crippen molar-refractivity contribution in [3.63, 3.8) is 0 Å². The highest BCUT2D eigenvalue weighted by atomic mass is 32.2. The lowest BCUT2D eigenvalue weighted by molar-refractivity contribution is -0.143. The maximum atomic E-state index is 12.5. The van der Waals surface area contributed by atoms with E-state index in [2.05, 4.69) is 10.0 Å². The van der Waals surface area contributed by atoms with Crippen LogP contribution in [0.25, 0.3) is 11.1 Å². The number of carbonyl (C=O) groups is 2. The molecule has 2 rings (SSSR count). The monoisotopic (exact) mass is 448 g/mol. The largest absolute Gasteiger partial charge is 0.480 e. The molecule has 0 saturated carbocycles. The van der Waals surface area contributed by atoms with E-state index in [0.29, 0.717) is 0 Å². The van der Waals surface area contributed by atoms with E-state index >= 15 is 0 Å². The first-order valence-electron chi connectivity index (χ1n) is 9.97. The number of carboxylic acid groups (broad SMARTS) is 2. The minimum absolute atomic E-state index is 0.0559. The Morgan fingerprint density at radius 3 is 1.94 bits per heavy atom. The molecule has 8 nitrogen and oxygen atoms in total. The summed E-state index contributed by atoms with van der Waals surface area (Å²) in [5.74, 6) is -2.32. The minimum atomic E-state index is -3.83. The van der Waals surface area contributed by atoms with E-state index in [-0.39, 0.29) is 30.2 Å². The second-order valence-corrected chi connectivity index (χ2v) is 9.42. The Morgan fingerprint density at radius 2 is 1.42 bits per heavy atom. The van der Waals surface area contributed by atoms with Crippen LogP contribution in [-0.2, 0) is 19.6 Å². The number of rotatable bonds is 12. The first-order chi connectivity index (χ1) is 14.6. The van der Waals surface area contributed by atoms with Gasteiger partial charge in [0, 0.05) is 6.54 Å². The third-order valence-corrected chi connectivity index (χ3v) is 6.18. The Balaban J connectivity index is 1.99. The number of aliphatic carboxylic acids is 2. The number of benzene rings is 2. The summed E-state index contributed by atoms with van der Waals surface area (Å²) >= 11 is 0. The summed E-state index contributed by atoms with van der Waals surface area (Å²) in [6.45, 7) is 3.52. The van der Waals surface area contributed by atoms with Crippen molar-refractivity contribution in [2.24, 2.45) is 5.92 Å². The highest BCUT2D eigenvalue weighted by molar-refractivity contribution is 7.89. The van der Waals surface area contributed by atoms with Crippen molar-refractivity contribution in [3.05, 3.63) is 54.6 Å². The van der Waals surface area contributed by atoms with Crippen molar-refractivity contribution < 1.29 is 28.2 Å². The number of hydrogen-bond donors (Lipinski definition) is 4. The normalized spacial score (nSPS) is 13.6. The smallest absolute Gasteiger partial charge is 0.320 e. The maximum absolute atomic E-state index is 12.5. The van der Waals surface area contributed by atoms with Gasteiger partial charge in [0.15, 0.2) is 0 Å². The molecule has 9 heteroatoms. The Hall–Kier alpha value is -2.75. The molecule has 0 bridgehead atoms. The average Bonchev–Trinajstić information content (AvgIpc) is 2.72. The molecule has 0 heterocycles. The third-order valence-electron chi connectivity index (χ3n) is 4.70. The minimum Gasteiger partial charge on any atom is -0.480 e. The first kappa shape index (κ1) is 24.5. The Bertz CT molecular complexity index is 975. The van der Waals surface area contributed by atoms with Gasteiger partial charge in [-0.2, -0.15) is 0 Å². The van der Waals surface area contributed by atoms with E-state index in [1.54, 1.807) is 12.1 Å². The van der Waals surface area contributed by atoms with Gasteiger partial charge in [-0.3, -0.25) is 14.9 Å². The van der Waals surface area contributed by atoms with Gasteiger partial charge >= 0.3 is 11.9 Å². The third kappa shape index (κ3) is 7.46. The van der Waals surface area contributed by atoms with Crippen LogP contribution in [0.4, 0.5) is 0 Å². The van der Waals surface area contributed by atoms with E-state index in [9.17, 15) is 28.2 Å². The highest BCUT2D eigenvalue weighted by Crippen LogP contribution is 2.21. The molecule has 168 valence electrons. The second kappa shape index (κ2) is 11.0. The van der Waals surface area contributed by atoms with E-state index in [1.165, 1.54) is 12.1 Å². The quantitative estimate of drug-likeness (QED) is 0.392. The van der Waals surface area contributed by atoms with Crippen LogP contribution >= 0.6 is 0 Å². The van der Waals surface area contributed by atoms with Crippen LogP contribution in [0.15, 0.2) is 59.5 Å². The molecule has 0 aliphatic rings. The van der Waals surface area contributed by atoms with Crippen LogP contribution < -0.4 is 10.0 Å². The van der Waals surface area contributed by atoms with Crippen molar-refractivity contribution in [1.29, 1.82) is 0 Å². The molecule has 0 saturated heterocycles. The summed E-state index contributed by atoms with van der Waals surface area (Å²) in [4.78, 5) is 22.9. The second-order valence-electron chi connectivity index (χ2n) is 7.65. The van der Waals surface area contributed by atoms with Gasteiger partial charge in [-0.05, 0) is 42.0 Å². The van der Waals surface area contributed by atoms with Crippen LogP contribution in [0.3, 0.4) is 0 Å². The van der Waals surface area contributed by atoms with Crippen molar-refractivity contribution in [1.82, 2.24) is 10.0 Å². The van der Waals surface area contributed by atoms with Gasteiger partial charge in [-0.15, -0.1) is 0 Å². The Morgan fingerprint density at radius 1 is 0.871 bits per heavy atom. The van der Waals surface area contributed by atoms with Crippen LogP contribution in [0.1, 0.15) is 26.7 Å². The predicted molar refractivity (Wildman–Crippen MR) is 117 cm³/mol. The number of nitrogens with one attached hydrogen (secondary N) is 2. The molecule has 0 aliphatic carbocycles. The zero-order valence-electron chi connectivity index (χ0n) is 17.5. The van der Waals surface area contributed by atoms with Crippen molar-refractivity contribution in [3.8, 4) is 11.1 Å². The number of hydrogen-bond acceptors (Lipinski definition) is 5. The zero-order chi connectivity index (χ0) is 23.0. The van der Waals surface area contributed by atoms with E-state index in [0.717, 1.165) is 11.1 Å². The predicted octanol–water partition coefficient (Wildman–Crippen LogP) is 2.56. The van der Waals surface area contributed by atoms with Crippen LogP contribution in [-0.4, -0.2) is 49.2 Å². The standard InChI is InChI=1S/C22H28N2O6S/c1-15(2)14-20(22(27)28)24-19(21(25)26)12-13-23-31(29,30)18-10-8-17(9-11-18)16-6-4-3-5-7-16/h3-11,15,19-20,23-24H,12-14H2,1-2H3,(H,25,26)(H,27,28)/t19?,20-/m0/s1. The maximum Gasteiger partial charge on any atom is 0.320 e. The molecule has 0 aromatic heterocycles. The van der Waals surface area contributed by atoms with Crippen LogP contribution in [0, 0.1) is 5.92 Å². The Labute approximate surface area is 182 Å². The Kier molecular flexibility index (Phi) is 8.73. The lowest BCUT2D eigenvalue weighted by Gasteiger charge is -2.21. The molecular weight excluding hydrogens is 420 g/mol. The fourth-order valence-corrected chi connectivity index (χ4v) is 4.16. The SMILES string of the molecule is CC(C)C[C@H](NC(CCNS(=O)(=O)c1ccc(-c2ccccc2)cc1)C(=O)O)C(=O)O. The van der Waals surface area contributed by atoms with Crippen molar-refractivity contribution in [2.75, 3.05) is 6.54 Å². The number of sulfonamides is 1. The summed E-state index contributed by atoms with van der Waals surface area (Å²) in [7, 11) is -3.83. The highest BCUT2D eigenvalue weighted by Gasteiger charge is 2.27. The van der Waals surface area contributed by atoms with Gasteiger partial charge < -0.3 is 10.2 Å². The van der Waals surface area contributed by atoms with Crippen LogP contribution in [0.2, 0.25) is 0 Å². The molecule has 4 N–H and O–H groups in total. The van der Waals surface area contributed by atoms with Gasteiger partial charge in [0.2, 0.25) is 10.0 Å². The molecule has 0 radical (unpaired) electrons. The molecule has 1 unspecified atom stereocenters. The van der Waals surface area contributed by atoms with Gasteiger partial charge in [-0.25, -0.2) is 13.1 Å². The van der Waals surface area contributed by atoms with Crippen molar-refractivity contribution in [2.45, 2.75) is 43.7 Å². The summed E-state index contributed by atoms with van der Waals surface area (Å²) in [5, 5.41) is 21.3. The average molecular weight is 449 g/mol. The van der Waals surface area contributed by atoms with E-state index in [1.807, 2.05) is 44.2 Å². The number of carboxylic acids is 2. The fraction of sp³-hybridized carbons (Fsp3) is 0.364. The summed E-state index contributed by atoms with van der Waals surface area (Å²) in [6.07, 6.45) is 0.164. The molecule has 0 fully saturated rings. The summed E-state index contributed by atoms with van der Waals surface area (Å²) in [5.41, 5.74) is 1.84. The zero-order valence-corrected chi connectivity index (χ0v) is 18.3. The summed E-state index contributed by atoms with van der Waals surface area (Å²) < 4.78 is 27.5. The molecule has 31 heavy (non-hydrogen) atoms. The molecule has 2 aromatic rings. The van der Waals surface area contributed by atoms with Gasteiger partial charge in [0.25, 0.3) is 0 Å². The van der Waals surface area contributed by atoms with Gasteiger partial charge in [0.05, 0.1) is 4.90 Å². The molecule has 2 atom stereocenters. The fourth-order valence-electron chi connectivity index (χ4n) is 3.11. The first-order valence-corrected chi connectivity index (χ1v) is 11.4. The molecular formula is C22H28N2O6S. The van der Waals surface area contributed by atoms with Gasteiger partial charge in [0.1, 0.15) is 12.1 Å².